The molecule has 3 rings (SSSR count). The summed E-state index contributed by atoms with van der Waals surface area (Å²) in [5.74, 6) is 0.925. The highest BCUT2D eigenvalue weighted by atomic mass is 32.2. The van der Waals surface area contributed by atoms with Gasteiger partial charge in [-0.05, 0) is 48.5 Å². The molecule has 0 unspecified atom stereocenters. The second kappa shape index (κ2) is 6.95. The third-order valence-electron chi connectivity index (χ3n) is 3.17. The van der Waals surface area contributed by atoms with Gasteiger partial charge < -0.3 is 4.42 Å². The van der Waals surface area contributed by atoms with Crippen LogP contribution in [0.4, 0.5) is 4.39 Å². The molecule has 6 heteroatoms. The Hall–Kier alpha value is -2.15. The largest absolute Gasteiger partial charge is 0.440 e. The Bertz CT molecular complexity index is 785. The molecule has 1 heterocycles. The molecule has 23 heavy (non-hydrogen) atoms. The fourth-order valence-corrected chi connectivity index (χ4v) is 2.56. The van der Waals surface area contributed by atoms with Gasteiger partial charge in [0, 0.05) is 22.9 Å². The third kappa shape index (κ3) is 3.61. The average Bonchev–Trinajstić information content (AvgIpc) is 2.96. The van der Waals surface area contributed by atoms with Crippen molar-refractivity contribution in [2.75, 3.05) is 7.11 Å². The van der Waals surface area contributed by atoms with Gasteiger partial charge in [-0.2, -0.15) is 4.33 Å². The summed E-state index contributed by atoms with van der Waals surface area (Å²) >= 11 is 1.12. The molecule has 0 saturated heterocycles. The zero-order valence-electron chi connectivity index (χ0n) is 12.6. The molecule has 0 bridgehead atoms. The molecule has 1 aromatic heterocycles. The van der Waals surface area contributed by atoms with Crippen molar-refractivity contribution in [1.29, 1.82) is 0 Å². The van der Waals surface area contributed by atoms with E-state index in [2.05, 4.69) is 9.87 Å². The van der Waals surface area contributed by atoms with E-state index in [1.165, 1.54) is 19.2 Å². The summed E-state index contributed by atoms with van der Waals surface area (Å²) in [5.41, 5.74) is 2.38. The lowest BCUT2D eigenvalue weighted by Crippen LogP contribution is -1.84. The topological polar surface area (TPSA) is 44.5 Å². The van der Waals surface area contributed by atoms with Gasteiger partial charge in [-0.15, -0.1) is 0 Å². The van der Waals surface area contributed by atoms with Crippen LogP contribution >= 0.6 is 12.0 Å². The highest BCUT2D eigenvalue weighted by Gasteiger charge is 2.15. The van der Waals surface area contributed by atoms with Crippen molar-refractivity contribution in [3.05, 3.63) is 60.2 Å². The maximum atomic E-state index is 13.1. The summed E-state index contributed by atoms with van der Waals surface area (Å²) in [4.78, 5) is 9.87. The summed E-state index contributed by atoms with van der Waals surface area (Å²) in [5, 5.41) is 0. The second-order valence-corrected chi connectivity index (χ2v) is 5.53. The van der Waals surface area contributed by atoms with E-state index in [-0.39, 0.29) is 5.82 Å². The van der Waals surface area contributed by atoms with E-state index in [1.807, 2.05) is 24.3 Å². The second-order valence-electron chi connectivity index (χ2n) is 4.76. The van der Waals surface area contributed by atoms with Gasteiger partial charge in [0.1, 0.15) is 11.5 Å². The molecular formula is C17H14FNO3S. The van der Waals surface area contributed by atoms with Crippen LogP contribution in [0.1, 0.15) is 5.89 Å². The summed E-state index contributed by atoms with van der Waals surface area (Å²) in [6, 6.07) is 13.8. The normalized spacial score (nSPS) is 10.9. The smallest absolute Gasteiger partial charge is 0.192 e. The average molecular weight is 331 g/mol. The molecule has 0 radical (unpaired) electrons. The van der Waals surface area contributed by atoms with Gasteiger partial charge in [-0.3, -0.25) is 0 Å². The number of aryl methyl sites for hydroxylation is 1. The summed E-state index contributed by atoms with van der Waals surface area (Å²) in [6.45, 7) is 1.78. The van der Waals surface area contributed by atoms with Crippen molar-refractivity contribution >= 4 is 12.0 Å². The predicted molar refractivity (Wildman–Crippen MR) is 86.0 cm³/mol. The SMILES string of the molecule is COOSc1ccc(-c2oc(C)nc2-c2ccc(F)cc2)cc1. The quantitative estimate of drug-likeness (QED) is 0.372. The van der Waals surface area contributed by atoms with Crippen molar-refractivity contribution < 1.29 is 18.0 Å². The number of nitrogens with zero attached hydrogens (tertiary/aromatic N) is 1. The fraction of sp³-hybridized carbons (Fsp3) is 0.118. The van der Waals surface area contributed by atoms with E-state index >= 15 is 0 Å². The van der Waals surface area contributed by atoms with Gasteiger partial charge >= 0.3 is 0 Å². The van der Waals surface area contributed by atoms with Crippen LogP contribution in [0, 0.1) is 12.7 Å². The molecule has 118 valence electrons. The molecule has 0 aliphatic carbocycles. The number of halogens is 1. The van der Waals surface area contributed by atoms with Gasteiger partial charge in [-0.1, -0.05) is 0 Å². The first-order valence-electron chi connectivity index (χ1n) is 6.88. The van der Waals surface area contributed by atoms with Gasteiger partial charge in [-0.25, -0.2) is 14.3 Å². The molecule has 0 spiro atoms. The number of rotatable bonds is 5. The number of aromatic nitrogens is 1. The molecule has 0 N–H and O–H groups in total. The van der Waals surface area contributed by atoms with Crippen LogP contribution in [-0.4, -0.2) is 12.1 Å². The summed E-state index contributed by atoms with van der Waals surface area (Å²) < 4.78 is 23.7. The van der Waals surface area contributed by atoms with Gasteiger partial charge in [0.2, 0.25) is 0 Å². The third-order valence-corrected chi connectivity index (χ3v) is 3.84. The maximum absolute atomic E-state index is 13.1. The lowest BCUT2D eigenvalue weighted by molar-refractivity contribution is -0.160. The molecule has 4 nitrogen and oxygen atoms in total. The Morgan fingerprint density at radius 1 is 1.00 bits per heavy atom. The molecule has 0 saturated carbocycles. The zero-order valence-corrected chi connectivity index (χ0v) is 13.4. The molecular weight excluding hydrogens is 317 g/mol. The van der Waals surface area contributed by atoms with Gasteiger partial charge in [0.05, 0.1) is 19.2 Å². The Morgan fingerprint density at radius 3 is 2.30 bits per heavy atom. The number of benzene rings is 2. The maximum Gasteiger partial charge on any atom is 0.192 e. The minimum Gasteiger partial charge on any atom is -0.440 e. The van der Waals surface area contributed by atoms with Crippen LogP contribution in [0.15, 0.2) is 57.8 Å². The van der Waals surface area contributed by atoms with Crippen LogP contribution in [0.25, 0.3) is 22.6 Å². The lowest BCUT2D eigenvalue weighted by Gasteiger charge is -2.03. The molecule has 0 amide bonds. The van der Waals surface area contributed by atoms with Crippen molar-refractivity contribution in [1.82, 2.24) is 4.98 Å². The highest BCUT2D eigenvalue weighted by molar-refractivity contribution is 7.94. The van der Waals surface area contributed by atoms with E-state index in [1.54, 1.807) is 19.1 Å². The fourth-order valence-electron chi connectivity index (χ4n) is 2.16. The molecule has 0 aliphatic heterocycles. The predicted octanol–water partition coefficient (Wildman–Crippen LogP) is 5.04. The van der Waals surface area contributed by atoms with Crippen LogP contribution in [0.5, 0.6) is 0 Å². The Balaban J connectivity index is 1.95. The summed E-state index contributed by atoms with van der Waals surface area (Å²) in [6.07, 6.45) is 0. The molecule has 2 aromatic carbocycles. The summed E-state index contributed by atoms with van der Waals surface area (Å²) in [7, 11) is 1.45. The van der Waals surface area contributed by atoms with E-state index in [0.717, 1.165) is 28.1 Å². The van der Waals surface area contributed by atoms with Crippen molar-refractivity contribution in [3.8, 4) is 22.6 Å². The first kappa shape index (κ1) is 15.7. The number of hydrogen-bond donors (Lipinski definition) is 0. The van der Waals surface area contributed by atoms with Gasteiger partial charge in [0.25, 0.3) is 0 Å². The van der Waals surface area contributed by atoms with Crippen LogP contribution in [-0.2, 0) is 9.22 Å². The number of hydrogen-bond acceptors (Lipinski definition) is 5. The Labute approximate surface area is 137 Å². The first-order chi connectivity index (χ1) is 11.2. The first-order valence-corrected chi connectivity index (χ1v) is 7.62. The van der Waals surface area contributed by atoms with E-state index in [0.29, 0.717) is 17.3 Å². The Kier molecular flexibility index (Phi) is 4.76. The standard InChI is InChI=1S/C17H14FNO3S/c1-11-19-16(12-3-7-14(18)8-4-12)17(21-11)13-5-9-15(10-6-13)23-22-20-2/h3-10H,1-2H3. The van der Waals surface area contributed by atoms with Crippen molar-refractivity contribution in [3.63, 3.8) is 0 Å². The molecule has 0 atom stereocenters. The lowest BCUT2D eigenvalue weighted by atomic mass is 10.1. The van der Waals surface area contributed by atoms with E-state index in [9.17, 15) is 4.39 Å². The van der Waals surface area contributed by atoms with E-state index < -0.39 is 0 Å². The minimum absolute atomic E-state index is 0.282. The van der Waals surface area contributed by atoms with E-state index in [4.69, 9.17) is 8.75 Å². The molecule has 3 aromatic rings. The monoisotopic (exact) mass is 331 g/mol. The van der Waals surface area contributed by atoms with Crippen LogP contribution in [0.3, 0.4) is 0 Å². The van der Waals surface area contributed by atoms with Crippen molar-refractivity contribution in [2.24, 2.45) is 0 Å². The zero-order chi connectivity index (χ0) is 16.2. The van der Waals surface area contributed by atoms with Crippen LogP contribution < -0.4 is 0 Å². The molecule has 0 fully saturated rings. The van der Waals surface area contributed by atoms with Crippen LogP contribution in [0.2, 0.25) is 0 Å². The molecule has 0 aliphatic rings. The Morgan fingerprint density at radius 2 is 1.65 bits per heavy atom. The van der Waals surface area contributed by atoms with Gasteiger partial charge in [0.15, 0.2) is 11.7 Å². The van der Waals surface area contributed by atoms with Crippen molar-refractivity contribution in [2.45, 2.75) is 11.8 Å². The number of oxazole rings is 1. The minimum atomic E-state index is -0.282. The highest BCUT2D eigenvalue weighted by Crippen LogP contribution is 2.33.